The van der Waals surface area contributed by atoms with Gasteiger partial charge in [-0.2, -0.15) is 0 Å². The van der Waals surface area contributed by atoms with Crippen molar-refractivity contribution in [1.29, 1.82) is 0 Å². The lowest BCUT2D eigenvalue weighted by Crippen LogP contribution is -2.14. The van der Waals surface area contributed by atoms with Gasteiger partial charge in [-0.15, -0.1) is 0 Å². The van der Waals surface area contributed by atoms with Crippen LogP contribution in [0.3, 0.4) is 0 Å². The largest absolute Gasteiger partial charge is 0.344 e. The van der Waals surface area contributed by atoms with Gasteiger partial charge in [-0.25, -0.2) is 0 Å². The molecule has 44 heavy (non-hydrogen) atoms. The molecule has 1 aromatic heterocycles. The van der Waals surface area contributed by atoms with E-state index in [0.717, 1.165) is 0 Å². The average Bonchev–Trinajstić information content (AvgIpc) is 3.47. The lowest BCUT2D eigenvalue weighted by atomic mass is 9.80. The molecule has 0 aliphatic heterocycles. The zero-order chi connectivity index (χ0) is 29.7. The molecule has 1 heterocycles. The van der Waals surface area contributed by atoms with Crippen molar-refractivity contribution in [2.75, 3.05) is 0 Å². The second-order valence-electron chi connectivity index (χ2n) is 13.1. The quantitative estimate of drug-likeness (QED) is 0.184. The number of para-hydroxylation sites is 1. The Morgan fingerprint density at radius 1 is 0.455 bits per heavy atom. The molecule has 0 unspecified atom stereocenters. The van der Waals surface area contributed by atoms with Crippen molar-refractivity contribution in [2.24, 2.45) is 7.05 Å². The van der Waals surface area contributed by atoms with E-state index in [1.165, 1.54) is 93.4 Å². The highest BCUT2D eigenvalue weighted by atomic mass is 14.9. The first-order valence-corrected chi connectivity index (χ1v) is 15.6. The molecule has 0 radical (unpaired) electrons. The van der Waals surface area contributed by atoms with E-state index in [0.29, 0.717) is 0 Å². The van der Waals surface area contributed by atoms with E-state index in [4.69, 9.17) is 0 Å². The number of aromatic nitrogens is 1. The first kappa shape index (κ1) is 25.4. The molecule has 7 aromatic carbocycles. The van der Waals surface area contributed by atoms with Gasteiger partial charge in [-0.05, 0) is 91.2 Å². The number of hydrogen-bond acceptors (Lipinski definition) is 0. The fraction of sp³-hybridized carbons (Fsp3) is 0.116. The van der Waals surface area contributed by atoms with Gasteiger partial charge < -0.3 is 4.57 Å². The second-order valence-corrected chi connectivity index (χ2v) is 13.1. The molecule has 1 nitrogen and oxygen atoms in total. The summed E-state index contributed by atoms with van der Waals surface area (Å²) in [7, 11) is 2.17. The van der Waals surface area contributed by atoms with E-state index in [-0.39, 0.29) is 5.41 Å². The standard InChI is InChI=1S/C43H33N/c1-26-20-22-31-35(24-26)41(33-16-11-18-37-42(33)32-15-7-9-17-36(32)43(37,2)3)30-14-6-5-13-29(30)40(31)27-21-23-39-34(25-27)28-12-8-10-19-38(28)44(39)4/h5-25H,1-4H3. The summed E-state index contributed by atoms with van der Waals surface area (Å²) < 4.78 is 2.31. The predicted molar refractivity (Wildman–Crippen MR) is 189 cm³/mol. The molecule has 0 bridgehead atoms. The van der Waals surface area contributed by atoms with Gasteiger partial charge in [-0.3, -0.25) is 0 Å². The fourth-order valence-electron chi connectivity index (χ4n) is 8.18. The van der Waals surface area contributed by atoms with Crippen LogP contribution in [0.25, 0.3) is 76.7 Å². The number of aryl methyl sites for hydroxylation is 2. The van der Waals surface area contributed by atoms with Gasteiger partial charge in [-0.1, -0.05) is 129 Å². The third kappa shape index (κ3) is 3.30. The van der Waals surface area contributed by atoms with Gasteiger partial charge in [0.2, 0.25) is 0 Å². The van der Waals surface area contributed by atoms with E-state index >= 15 is 0 Å². The van der Waals surface area contributed by atoms with Gasteiger partial charge in [0.15, 0.2) is 0 Å². The van der Waals surface area contributed by atoms with Crippen LogP contribution >= 0.6 is 0 Å². The minimum absolute atomic E-state index is 0.0444. The predicted octanol–water partition coefficient (Wildman–Crippen LogP) is 11.6. The van der Waals surface area contributed by atoms with Gasteiger partial charge in [0, 0.05) is 34.3 Å². The lowest BCUT2D eigenvalue weighted by Gasteiger charge is -2.23. The summed E-state index contributed by atoms with van der Waals surface area (Å²) in [4.78, 5) is 0. The lowest BCUT2D eigenvalue weighted by molar-refractivity contribution is 0.660. The molecule has 0 atom stereocenters. The van der Waals surface area contributed by atoms with Crippen molar-refractivity contribution in [2.45, 2.75) is 26.2 Å². The molecule has 8 aromatic rings. The summed E-state index contributed by atoms with van der Waals surface area (Å²) in [6.07, 6.45) is 0. The Hall–Kier alpha value is -5.14. The molecule has 1 aliphatic carbocycles. The Morgan fingerprint density at radius 2 is 1.09 bits per heavy atom. The highest BCUT2D eigenvalue weighted by Crippen LogP contribution is 2.54. The van der Waals surface area contributed by atoms with Gasteiger partial charge in [0.25, 0.3) is 0 Å². The maximum atomic E-state index is 2.41. The Balaban J connectivity index is 1.42. The Bertz CT molecular complexity index is 2490. The number of nitrogens with zero attached hydrogens (tertiary/aromatic N) is 1. The van der Waals surface area contributed by atoms with Crippen LogP contribution in [0.4, 0.5) is 0 Å². The molecule has 1 heteroatoms. The molecular weight excluding hydrogens is 530 g/mol. The van der Waals surface area contributed by atoms with E-state index in [2.05, 4.69) is 160 Å². The van der Waals surface area contributed by atoms with Crippen molar-refractivity contribution < 1.29 is 0 Å². The number of fused-ring (bicyclic) bond motifs is 8. The molecule has 1 aliphatic rings. The number of benzene rings is 7. The minimum Gasteiger partial charge on any atom is -0.344 e. The van der Waals surface area contributed by atoms with Crippen LogP contribution in [0.1, 0.15) is 30.5 Å². The third-order valence-corrected chi connectivity index (χ3v) is 10.3. The number of rotatable bonds is 2. The van der Waals surface area contributed by atoms with Crippen molar-refractivity contribution in [1.82, 2.24) is 4.57 Å². The highest BCUT2D eigenvalue weighted by molar-refractivity contribution is 6.23. The van der Waals surface area contributed by atoms with Gasteiger partial charge in [0.05, 0.1) is 0 Å². The summed E-state index contributed by atoms with van der Waals surface area (Å²) in [6, 6.07) is 47.8. The van der Waals surface area contributed by atoms with Crippen molar-refractivity contribution in [3.63, 3.8) is 0 Å². The zero-order valence-corrected chi connectivity index (χ0v) is 25.6. The summed E-state index contributed by atoms with van der Waals surface area (Å²) in [6.45, 7) is 6.96. The maximum absolute atomic E-state index is 2.41. The van der Waals surface area contributed by atoms with Crippen molar-refractivity contribution in [3.8, 4) is 33.4 Å². The van der Waals surface area contributed by atoms with Crippen LogP contribution in [-0.4, -0.2) is 4.57 Å². The van der Waals surface area contributed by atoms with Crippen LogP contribution in [-0.2, 0) is 12.5 Å². The molecule has 0 spiro atoms. The molecular formula is C43H33N. The summed E-state index contributed by atoms with van der Waals surface area (Å²) in [5.74, 6) is 0. The summed E-state index contributed by atoms with van der Waals surface area (Å²) in [5.41, 5.74) is 14.5. The van der Waals surface area contributed by atoms with Crippen LogP contribution < -0.4 is 0 Å². The first-order chi connectivity index (χ1) is 21.4. The monoisotopic (exact) mass is 563 g/mol. The fourth-order valence-corrected chi connectivity index (χ4v) is 8.18. The maximum Gasteiger partial charge on any atom is 0.0489 e. The van der Waals surface area contributed by atoms with Crippen molar-refractivity contribution in [3.05, 3.63) is 144 Å². The van der Waals surface area contributed by atoms with Crippen LogP contribution in [0.15, 0.2) is 127 Å². The Kier molecular flexibility index (Phi) is 5.15. The summed E-state index contributed by atoms with van der Waals surface area (Å²) in [5, 5.41) is 7.80. The van der Waals surface area contributed by atoms with Crippen molar-refractivity contribution >= 4 is 43.4 Å². The second kappa shape index (κ2) is 8.94. The summed E-state index contributed by atoms with van der Waals surface area (Å²) >= 11 is 0. The van der Waals surface area contributed by atoms with Gasteiger partial charge in [0.1, 0.15) is 0 Å². The smallest absolute Gasteiger partial charge is 0.0489 e. The molecule has 0 fully saturated rings. The van der Waals surface area contributed by atoms with Gasteiger partial charge >= 0.3 is 0 Å². The van der Waals surface area contributed by atoms with Crippen LogP contribution in [0.2, 0.25) is 0 Å². The zero-order valence-electron chi connectivity index (χ0n) is 25.6. The Morgan fingerprint density at radius 3 is 1.93 bits per heavy atom. The van der Waals surface area contributed by atoms with E-state index in [1.807, 2.05) is 0 Å². The SMILES string of the molecule is Cc1ccc2c(-c3ccc4c(c3)c3ccccc3n4C)c3ccccc3c(-c3cccc4c3-c3ccccc3C4(C)C)c2c1. The first-order valence-electron chi connectivity index (χ1n) is 15.6. The topological polar surface area (TPSA) is 4.93 Å². The minimum atomic E-state index is -0.0444. The van der Waals surface area contributed by atoms with E-state index in [1.54, 1.807) is 0 Å². The van der Waals surface area contributed by atoms with E-state index < -0.39 is 0 Å². The molecule has 210 valence electrons. The normalized spacial score (nSPS) is 13.6. The molecule has 9 rings (SSSR count). The number of hydrogen-bond donors (Lipinski definition) is 0. The van der Waals surface area contributed by atoms with Crippen LogP contribution in [0.5, 0.6) is 0 Å². The molecule has 0 saturated carbocycles. The third-order valence-electron chi connectivity index (χ3n) is 10.3. The average molecular weight is 564 g/mol. The van der Waals surface area contributed by atoms with E-state index in [9.17, 15) is 0 Å². The molecule has 0 saturated heterocycles. The Labute approximate surface area is 258 Å². The van der Waals surface area contributed by atoms with Crippen LogP contribution in [0, 0.1) is 6.92 Å². The molecule has 0 N–H and O–H groups in total. The highest BCUT2D eigenvalue weighted by Gasteiger charge is 2.37. The molecule has 0 amide bonds.